The van der Waals surface area contributed by atoms with E-state index in [1.54, 1.807) is 52.0 Å². The Labute approximate surface area is 261 Å². The lowest BCUT2D eigenvalue weighted by atomic mass is 9.93. The lowest BCUT2D eigenvalue weighted by Crippen LogP contribution is -2.63. The molecule has 2 fully saturated rings. The molecule has 6 N–H and O–H groups in total. The summed E-state index contributed by atoms with van der Waals surface area (Å²) in [6, 6.07) is 6.38. The van der Waals surface area contributed by atoms with Crippen molar-refractivity contribution in [2.75, 3.05) is 33.2 Å². The van der Waals surface area contributed by atoms with Crippen molar-refractivity contribution >= 4 is 29.5 Å². The minimum absolute atomic E-state index is 0.0505. The van der Waals surface area contributed by atoms with E-state index in [1.807, 2.05) is 6.07 Å². The third-order valence-corrected chi connectivity index (χ3v) is 8.51. The summed E-state index contributed by atoms with van der Waals surface area (Å²) in [7, 11) is 2.11. The number of amides is 5. The fourth-order valence-electron chi connectivity index (χ4n) is 5.41. The smallest absolute Gasteiger partial charge is 0.247 e. The number of piperidine rings is 1. The predicted molar refractivity (Wildman–Crippen MR) is 168 cm³/mol. The molecule has 0 saturated carbocycles. The Kier molecular flexibility index (Phi) is 13.1. The quantitative estimate of drug-likeness (QED) is 0.224. The van der Waals surface area contributed by atoms with Gasteiger partial charge < -0.3 is 36.8 Å². The number of carbonyl (C=O) groups is 5. The molecule has 1 aromatic carbocycles. The van der Waals surface area contributed by atoms with Crippen molar-refractivity contribution in [3.63, 3.8) is 0 Å². The molecule has 1 aromatic rings. The van der Waals surface area contributed by atoms with Crippen molar-refractivity contribution in [1.29, 1.82) is 0 Å². The lowest BCUT2D eigenvalue weighted by Gasteiger charge is -2.33. The summed E-state index contributed by atoms with van der Waals surface area (Å²) < 4.78 is 0. The van der Waals surface area contributed by atoms with Crippen LogP contribution >= 0.6 is 0 Å². The van der Waals surface area contributed by atoms with E-state index in [-0.39, 0.29) is 31.2 Å². The standard InChI is InChI=1S/C32H51N7O5/c1-6-24-28(41)37-26(22-11-8-7-9-12-22)30(43)34-18-16-32(4,38-27(40)21(2)3)31(44)36-25(29(42)35-24)13-10-17-33-23-14-19-39(5)20-15-23/h7-9,11-12,21,23-26,33H,6,10,13-20H2,1-5H3,(H,34,43)(H,35,42)(H,36,44)(H,37,41)(H,38,40)/t24-,25-,26+,32+/m0/s1. The van der Waals surface area contributed by atoms with Crippen LogP contribution in [0.15, 0.2) is 30.3 Å². The first-order chi connectivity index (χ1) is 20.9. The second kappa shape index (κ2) is 16.5. The van der Waals surface area contributed by atoms with E-state index in [1.165, 1.54) is 0 Å². The predicted octanol–water partition coefficient (Wildman–Crippen LogP) is 0.738. The number of hydrogen-bond donors (Lipinski definition) is 6. The molecule has 4 atom stereocenters. The minimum atomic E-state index is -1.40. The maximum absolute atomic E-state index is 13.8. The zero-order chi connectivity index (χ0) is 32.3. The van der Waals surface area contributed by atoms with Gasteiger partial charge in [0.1, 0.15) is 23.7 Å². The highest BCUT2D eigenvalue weighted by Crippen LogP contribution is 2.17. The van der Waals surface area contributed by atoms with Crippen molar-refractivity contribution in [1.82, 2.24) is 36.8 Å². The number of rotatable bonds is 9. The summed E-state index contributed by atoms with van der Waals surface area (Å²) in [5, 5.41) is 17.7. The molecule has 0 radical (unpaired) electrons. The van der Waals surface area contributed by atoms with Gasteiger partial charge in [-0.2, -0.15) is 0 Å². The molecule has 0 spiro atoms. The SMILES string of the molecule is CC[C@@H]1NC(=O)[C@H](CCCNC2CCN(C)CC2)NC(=O)[C@](C)(NC(=O)C(C)C)CCNC(=O)[C@@H](c2ccccc2)NC1=O. The number of carbonyl (C=O) groups excluding carboxylic acids is 5. The number of hydrogen-bond acceptors (Lipinski definition) is 7. The molecule has 2 aliphatic heterocycles. The minimum Gasteiger partial charge on any atom is -0.354 e. The maximum Gasteiger partial charge on any atom is 0.247 e. The monoisotopic (exact) mass is 613 g/mol. The topological polar surface area (TPSA) is 161 Å². The highest BCUT2D eigenvalue weighted by molar-refractivity contribution is 5.97. The van der Waals surface area contributed by atoms with E-state index in [9.17, 15) is 24.0 Å². The van der Waals surface area contributed by atoms with Crippen molar-refractivity contribution in [2.24, 2.45) is 5.92 Å². The molecule has 12 nitrogen and oxygen atoms in total. The number of nitrogens with one attached hydrogen (secondary N) is 6. The largest absolute Gasteiger partial charge is 0.354 e. The van der Waals surface area contributed by atoms with Crippen LogP contribution in [0.5, 0.6) is 0 Å². The fraction of sp³-hybridized carbons (Fsp3) is 0.656. The molecule has 0 aliphatic carbocycles. The summed E-state index contributed by atoms with van der Waals surface area (Å²) in [4.78, 5) is 69.2. The van der Waals surface area contributed by atoms with E-state index >= 15 is 0 Å². The van der Waals surface area contributed by atoms with Crippen LogP contribution in [-0.2, 0) is 24.0 Å². The van der Waals surface area contributed by atoms with Gasteiger partial charge in [0.2, 0.25) is 29.5 Å². The molecule has 3 rings (SSSR count). The van der Waals surface area contributed by atoms with E-state index < -0.39 is 47.3 Å². The molecule has 44 heavy (non-hydrogen) atoms. The van der Waals surface area contributed by atoms with Gasteiger partial charge in [-0.3, -0.25) is 24.0 Å². The molecular weight excluding hydrogens is 562 g/mol. The third kappa shape index (κ3) is 10.0. The van der Waals surface area contributed by atoms with Crippen LogP contribution in [0.1, 0.15) is 77.8 Å². The van der Waals surface area contributed by atoms with E-state index in [2.05, 4.69) is 43.8 Å². The molecule has 2 heterocycles. The molecule has 2 saturated heterocycles. The molecule has 5 amide bonds. The van der Waals surface area contributed by atoms with Crippen molar-refractivity contribution in [3.8, 4) is 0 Å². The second-order valence-corrected chi connectivity index (χ2v) is 12.5. The Balaban J connectivity index is 1.84. The molecule has 2 aliphatic rings. The van der Waals surface area contributed by atoms with E-state index in [0.29, 0.717) is 31.0 Å². The Morgan fingerprint density at radius 3 is 2.27 bits per heavy atom. The first-order valence-electron chi connectivity index (χ1n) is 15.9. The van der Waals surface area contributed by atoms with Gasteiger partial charge in [0.05, 0.1) is 0 Å². The molecular formula is C32H51N7O5. The number of likely N-dealkylation sites (tertiary alicyclic amines) is 1. The van der Waals surface area contributed by atoms with Crippen LogP contribution in [0.25, 0.3) is 0 Å². The van der Waals surface area contributed by atoms with Gasteiger partial charge >= 0.3 is 0 Å². The summed E-state index contributed by atoms with van der Waals surface area (Å²) >= 11 is 0. The van der Waals surface area contributed by atoms with Gasteiger partial charge in [0.25, 0.3) is 0 Å². The maximum atomic E-state index is 13.8. The Morgan fingerprint density at radius 1 is 0.977 bits per heavy atom. The average Bonchev–Trinajstić information content (AvgIpc) is 3.00. The van der Waals surface area contributed by atoms with Crippen LogP contribution < -0.4 is 31.9 Å². The highest BCUT2D eigenvalue weighted by atomic mass is 16.2. The Bertz CT molecular complexity index is 1140. The van der Waals surface area contributed by atoms with Gasteiger partial charge in [-0.15, -0.1) is 0 Å². The molecule has 0 bridgehead atoms. The Morgan fingerprint density at radius 2 is 1.64 bits per heavy atom. The summed E-state index contributed by atoms with van der Waals surface area (Å²) in [5.41, 5.74) is -0.825. The zero-order valence-electron chi connectivity index (χ0n) is 26.8. The van der Waals surface area contributed by atoms with Gasteiger partial charge in [-0.25, -0.2) is 0 Å². The first kappa shape index (κ1) is 35.0. The first-order valence-corrected chi connectivity index (χ1v) is 15.9. The molecule has 12 heteroatoms. The summed E-state index contributed by atoms with van der Waals surface area (Å²) in [6.45, 7) is 9.62. The van der Waals surface area contributed by atoms with Gasteiger partial charge in [-0.1, -0.05) is 51.1 Å². The van der Waals surface area contributed by atoms with Crippen LogP contribution in [0.3, 0.4) is 0 Å². The average molecular weight is 614 g/mol. The van der Waals surface area contributed by atoms with Crippen LogP contribution in [0.2, 0.25) is 0 Å². The van der Waals surface area contributed by atoms with E-state index in [4.69, 9.17) is 0 Å². The number of benzene rings is 1. The second-order valence-electron chi connectivity index (χ2n) is 12.5. The highest BCUT2D eigenvalue weighted by Gasteiger charge is 2.39. The van der Waals surface area contributed by atoms with Crippen LogP contribution in [-0.4, -0.2) is 91.3 Å². The Hall–Kier alpha value is -3.51. The molecule has 244 valence electrons. The van der Waals surface area contributed by atoms with Crippen molar-refractivity contribution < 1.29 is 24.0 Å². The normalized spacial score (nSPS) is 26.6. The fourth-order valence-corrected chi connectivity index (χ4v) is 5.41. The van der Waals surface area contributed by atoms with Crippen molar-refractivity contribution in [2.45, 2.75) is 95.9 Å². The third-order valence-electron chi connectivity index (χ3n) is 8.51. The molecule has 0 aromatic heterocycles. The summed E-state index contributed by atoms with van der Waals surface area (Å²) in [5.74, 6) is -2.68. The van der Waals surface area contributed by atoms with Crippen LogP contribution in [0.4, 0.5) is 0 Å². The van der Waals surface area contributed by atoms with E-state index in [0.717, 1.165) is 25.9 Å². The van der Waals surface area contributed by atoms with Crippen LogP contribution in [0, 0.1) is 5.92 Å². The molecule has 0 unspecified atom stereocenters. The number of nitrogens with zero attached hydrogens (tertiary/aromatic N) is 1. The van der Waals surface area contributed by atoms with Gasteiger partial charge in [0.15, 0.2) is 0 Å². The van der Waals surface area contributed by atoms with Gasteiger partial charge in [-0.05, 0) is 77.7 Å². The van der Waals surface area contributed by atoms with Gasteiger partial charge in [0, 0.05) is 18.5 Å². The van der Waals surface area contributed by atoms with Crippen molar-refractivity contribution in [3.05, 3.63) is 35.9 Å². The zero-order valence-corrected chi connectivity index (χ0v) is 26.8. The summed E-state index contributed by atoms with van der Waals surface area (Å²) in [6.07, 6.45) is 3.42. The lowest BCUT2D eigenvalue weighted by molar-refractivity contribution is -0.138.